The van der Waals surface area contributed by atoms with Crippen molar-refractivity contribution in [2.24, 2.45) is 5.92 Å². The van der Waals surface area contributed by atoms with Gasteiger partial charge < -0.3 is 10.2 Å². The first kappa shape index (κ1) is 19.1. The first-order chi connectivity index (χ1) is 10.6. The van der Waals surface area contributed by atoms with Gasteiger partial charge in [0.25, 0.3) is 11.8 Å². The Morgan fingerprint density at radius 2 is 1.70 bits per heavy atom. The van der Waals surface area contributed by atoms with Crippen LogP contribution in [0.1, 0.15) is 40.0 Å². The molecule has 8 nitrogen and oxygen atoms in total. The molecule has 1 aliphatic heterocycles. The summed E-state index contributed by atoms with van der Waals surface area (Å²) in [5.41, 5.74) is 0. The van der Waals surface area contributed by atoms with Gasteiger partial charge in [-0.15, -0.1) is 5.06 Å². The van der Waals surface area contributed by atoms with Crippen molar-refractivity contribution >= 4 is 23.7 Å². The zero-order valence-corrected chi connectivity index (χ0v) is 14.3. The highest BCUT2D eigenvalue weighted by atomic mass is 16.7. The van der Waals surface area contributed by atoms with E-state index in [0.717, 1.165) is 0 Å². The van der Waals surface area contributed by atoms with E-state index in [2.05, 4.69) is 5.32 Å². The third kappa shape index (κ3) is 5.31. The van der Waals surface area contributed by atoms with Crippen LogP contribution in [0.15, 0.2) is 0 Å². The zero-order chi connectivity index (χ0) is 17.7. The van der Waals surface area contributed by atoms with E-state index >= 15 is 0 Å². The van der Waals surface area contributed by atoms with Gasteiger partial charge in [-0.3, -0.25) is 19.3 Å². The number of likely N-dealkylation sites (N-methyl/N-ethyl adjacent to an activating group) is 1. The number of hydrogen-bond acceptors (Lipinski definition) is 6. The third-order valence-electron chi connectivity index (χ3n) is 3.52. The molecule has 23 heavy (non-hydrogen) atoms. The van der Waals surface area contributed by atoms with E-state index in [0.29, 0.717) is 17.4 Å². The van der Waals surface area contributed by atoms with Crippen LogP contribution in [-0.2, 0) is 24.0 Å². The summed E-state index contributed by atoms with van der Waals surface area (Å²) in [4.78, 5) is 53.6. The largest absolute Gasteiger partial charge is 0.354 e. The number of hydroxylamine groups is 2. The van der Waals surface area contributed by atoms with Crippen molar-refractivity contribution in [3.05, 3.63) is 0 Å². The number of carbonyl (C=O) groups is 4. The first-order valence-electron chi connectivity index (χ1n) is 7.67. The van der Waals surface area contributed by atoms with Crippen LogP contribution in [0.25, 0.3) is 0 Å². The average molecular weight is 329 g/mol. The summed E-state index contributed by atoms with van der Waals surface area (Å²) in [5.74, 6) is -1.92. The molecule has 130 valence electrons. The van der Waals surface area contributed by atoms with Crippen LogP contribution in [0.3, 0.4) is 0 Å². The minimum absolute atomic E-state index is 0.0317. The summed E-state index contributed by atoms with van der Waals surface area (Å²) in [6, 6.07) is -1.33. The number of nitrogens with zero attached hydrogens (tertiary/aromatic N) is 2. The van der Waals surface area contributed by atoms with Gasteiger partial charge in [-0.1, -0.05) is 13.8 Å². The lowest BCUT2D eigenvalue weighted by Crippen LogP contribution is -2.50. The fourth-order valence-electron chi connectivity index (χ4n) is 2.19. The molecule has 1 fully saturated rings. The maximum absolute atomic E-state index is 12.3. The molecule has 0 spiro atoms. The monoisotopic (exact) mass is 329 g/mol. The molecule has 8 heteroatoms. The molecular formula is C15H25N3O5. The van der Waals surface area contributed by atoms with Crippen LogP contribution in [0.2, 0.25) is 0 Å². The van der Waals surface area contributed by atoms with E-state index in [1.54, 1.807) is 19.0 Å². The number of imide groups is 1. The van der Waals surface area contributed by atoms with Crippen LogP contribution < -0.4 is 5.32 Å². The number of carbonyl (C=O) groups excluding carboxylic acids is 4. The van der Waals surface area contributed by atoms with Crippen molar-refractivity contribution in [2.75, 3.05) is 14.1 Å². The van der Waals surface area contributed by atoms with Crippen molar-refractivity contribution < 1.29 is 24.0 Å². The molecule has 1 rings (SSSR count). The lowest BCUT2D eigenvalue weighted by atomic mass is 10.1. The standard InChI is InChI=1S/C15H25N3O5/c1-9(2)8-11(17(4)5)14(21)16-10(3)15(22)23-18-12(19)6-7-13(18)20/h9-11H,6-8H2,1-5H3,(H,16,21)/i14+1,17+1. The molecule has 2 unspecified atom stereocenters. The maximum atomic E-state index is 12.3. The fourth-order valence-corrected chi connectivity index (χ4v) is 2.19. The van der Waals surface area contributed by atoms with Crippen LogP contribution in [0.5, 0.6) is 0 Å². The third-order valence-corrected chi connectivity index (χ3v) is 3.52. The Morgan fingerprint density at radius 3 is 2.13 bits per heavy atom. The summed E-state index contributed by atoms with van der Waals surface area (Å²) in [6.07, 6.45) is 0.706. The van der Waals surface area contributed by atoms with Crippen molar-refractivity contribution in [3.8, 4) is 0 Å². The second kappa shape index (κ2) is 8.05. The first-order valence-corrected chi connectivity index (χ1v) is 7.67. The average Bonchev–Trinajstić information content (AvgIpc) is 2.75. The molecule has 0 radical (unpaired) electrons. The molecule has 0 aromatic heterocycles. The van der Waals surface area contributed by atoms with Gasteiger partial charge in [0.1, 0.15) is 6.04 Å². The van der Waals surface area contributed by atoms with Gasteiger partial charge in [0, 0.05) is 12.8 Å². The predicted octanol–water partition coefficient (Wildman–Crippen LogP) is 0.0746. The Bertz CT molecular complexity index is 474. The molecule has 2 atom stereocenters. The van der Waals surface area contributed by atoms with Gasteiger partial charge in [-0.25, -0.2) is 4.79 Å². The van der Waals surface area contributed by atoms with E-state index in [1.165, 1.54) is 6.92 Å². The highest BCUT2D eigenvalue weighted by Gasteiger charge is 2.34. The molecule has 0 aliphatic carbocycles. The van der Waals surface area contributed by atoms with Gasteiger partial charge in [0.05, 0.1) is 6.04 Å². The molecule has 3 amide bonds. The van der Waals surface area contributed by atoms with Crippen LogP contribution in [0.4, 0.5) is 0 Å². The van der Waals surface area contributed by atoms with Gasteiger partial charge in [-0.05, 0) is 33.4 Å². The smallest absolute Gasteiger partial charge is 0.341 e. The summed E-state index contributed by atoms with van der Waals surface area (Å²) in [7, 11) is 3.58. The van der Waals surface area contributed by atoms with Gasteiger partial charge in [-0.2, -0.15) is 0 Å². The Hall–Kier alpha value is -1.96. The molecule has 1 heterocycles. The number of rotatable bonds is 7. The van der Waals surface area contributed by atoms with Crippen molar-refractivity contribution in [3.63, 3.8) is 0 Å². The normalized spacial score (nSPS) is 17.6. The lowest BCUT2D eigenvalue weighted by Gasteiger charge is -2.26. The van der Waals surface area contributed by atoms with Crippen LogP contribution >= 0.6 is 0 Å². The number of hydrogen-bond donors (Lipinski definition) is 1. The summed E-state index contributed by atoms with van der Waals surface area (Å²) in [5, 5.41) is 3.04. The van der Waals surface area contributed by atoms with E-state index in [9.17, 15) is 19.2 Å². The van der Waals surface area contributed by atoms with Gasteiger partial charge in [0.2, 0.25) is 5.91 Å². The summed E-state index contributed by atoms with van der Waals surface area (Å²) in [6.45, 7) is 5.46. The topological polar surface area (TPSA) is 96.0 Å². The second-order valence-corrected chi connectivity index (χ2v) is 6.33. The molecule has 0 aromatic rings. The minimum atomic E-state index is -0.960. The van der Waals surface area contributed by atoms with Crippen LogP contribution in [-0.4, -0.2) is 59.8 Å². The lowest BCUT2D eigenvalue weighted by molar-refractivity contribution is -0.198. The quantitative estimate of drug-likeness (QED) is 0.403. The zero-order valence-electron chi connectivity index (χ0n) is 14.3. The SMILES string of the molecule is CC(C)CC([13C](=O)NC(C)C(=O)ON1C(=O)CCC1=O)[15N](C)C. The highest BCUT2D eigenvalue weighted by molar-refractivity contribution is 6.02. The molecule has 0 saturated carbocycles. The molecule has 1 aliphatic rings. The maximum Gasteiger partial charge on any atom is 0.354 e. The number of amides is 3. The second-order valence-electron chi connectivity index (χ2n) is 6.33. The molecule has 1 saturated heterocycles. The Labute approximate surface area is 136 Å². The molecule has 0 aromatic carbocycles. The number of nitrogens with one attached hydrogen (secondary N) is 1. The fraction of sp³-hybridized carbons (Fsp3) is 0.733. The van der Waals surface area contributed by atoms with E-state index < -0.39 is 23.8 Å². The molecular weight excluding hydrogens is 304 g/mol. The van der Waals surface area contributed by atoms with E-state index in [1.807, 2.05) is 13.8 Å². The summed E-state index contributed by atoms with van der Waals surface area (Å²) >= 11 is 0. The predicted molar refractivity (Wildman–Crippen MR) is 81.7 cm³/mol. The highest BCUT2D eigenvalue weighted by Crippen LogP contribution is 2.13. The van der Waals surface area contributed by atoms with Gasteiger partial charge >= 0.3 is 5.97 Å². The van der Waals surface area contributed by atoms with E-state index in [-0.39, 0.29) is 24.8 Å². The Balaban J connectivity index is 2.61. The van der Waals surface area contributed by atoms with Crippen molar-refractivity contribution in [2.45, 2.75) is 52.1 Å². The molecule has 1 N–H and O–H groups in total. The van der Waals surface area contributed by atoms with Crippen molar-refractivity contribution in [1.29, 1.82) is 0 Å². The Morgan fingerprint density at radius 1 is 1.17 bits per heavy atom. The van der Waals surface area contributed by atoms with E-state index in [4.69, 9.17) is 4.84 Å². The molecule has 0 bridgehead atoms. The Kier molecular flexibility index (Phi) is 6.68. The van der Waals surface area contributed by atoms with Crippen molar-refractivity contribution in [1.82, 2.24) is 15.3 Å². The van der Waals surface area contributed by atoms with Crippen LogP contribution in [0, 0.1) is 5.92 Å². The minimum Gasteiger partial charge on any atom is -0.341 e. The summed E-state index contributed by atoms with van der Waals surface area (Å²) < 4.78 is 0. The van der Waals surface area contributed by atoms with Gasteiger partial charge in [0.15, 0.2) is 0 Å².